The van der Waals surface area contributed by atoms with Crippen molar-refractivity contribution < 1.29 is 28.5 Å². The van der Waals surface area contributed by atoms with E-state index in [0.29, 0.717) is 35.3 Å². The maximum Gasteiger partial charge on any atom is 0.325 e. The molecule has 0 saturated carbocycles. The highest BCUT2D eigenvalue weighted by Crippen LogP contribution is 2.35. The molecule has 1 aliphatic heterocycles. The minimum absolute atomic E-state index is 0.0527. The Balaban J connectivity index is 1.55. The molecule has 0 bridgehead atoms. The predicted molar refractivity (Wildman–Crippen MR) is 122 cm³/mol. The van der Waals surface area contributed by atoms with Gasteiger partial charge in [0.25, 0.3) is 0 Å². The van der Waals surface area contributed by atoms with E-state index in [1.807, 2.05) is 36.4 Å². The molecule has 2 heterocycles. The van der Waals surface area contributed by atoms with Crippen molar-refractivity contribution >= 4 is 45.2 Å². The van der Waals surface area contributed by atoms with Crippen LogP contribution >= 0.6 is 23.1 Å². The van der Waals surface area contributed by atoms with Gasteiger partial charge in [-0.05, 0) is 24.3 Å². The second kappa shape index (κ2) is 10.1. The smallest absolute Gasteiger partial charge is 0.325 e. The third kappa shape index (κ3) is 5.08. The molecule has 0 atom stereocenters. The Bertz CT molecular complexity index is 1200. The highest BCUT2D eigenvalue weighted by atomic mass is 32.2. The van der Waals surface area contributed by atoms with Crippen molar-refractivity contribution in [2.45, 2.75) is 17.9 Å². The molecule has 0 N–H and O–H groups in total. The third-order valence-electron chi connectivity index (χ3n) is 4.73. The van der Waals surface area contributed by atoms with E-state index in [0.717, 1.165) is 20.9 Å². The minimum atomic E-state index is -0.427. The zero-order valence-electron chi connectivity index (χ0n) is 17.7. The molecule has 0 radical (unpaired) electrons. The van der Waals surface area contributed by atoms with Crippen LogP contribution in [0.15, 0.2) is 46.3 Å². The van der Waals surface area contributed by atoms with Crippen LogP contribution in [-0.2, 0) is 20.9 Å². The number of hydrogen-bond donors (Lipinski definition) is 0. The Kier molecular flexibility index (Phi) is 7.01. The number of amides is 1. The fourth-order valence-electron chi connectivity index (χ4n) is 3.13. The minimum Gasteiger partial charge on any atom is -0.497 e. The number of nitrogens with zero attached hydrogens (tertiary/aromatic N) is 2. The SMILES string of the molecule is COC(=O)Cn1c(=NC(=O)CCSc2ccc(OC)cc2)sc2cc3c(cc21)OCCO3. The molecule has 168 valence electrons. The summed E-state index contributed by atoms with van der Waals surface area (Å²) in [5, 5.41) is 0. The van der Waals surface area contributed by atoms with Gasteiger partial charge in [0.2, 0.25) is 5.91 Å². The van der Waals surface area contributed by atoms with Crippen LogP contribution in [0.4, 0.5) is 0 Å². The van der Waals surface area contributed by atoms with E-state index in [-0.39, 0.29) is 18.9 Å². The van der Waals surface area contributed by atoms with Crippen molar-refractivity contribution in [1.82, 2.24) is 4.57 Å². The zero-order chi connectivity index (χ0) is 22.5. The maximum absolute atomic E-state index is 12.6. The molecule has 0 aliphatic carbocycles. The number of thioether (sulfide) groups is 1. The van der Waals surface area contributed by atoms with Crippen molar-refractivity contribution in [2.24, 2.45) is 4.99 Å². The topological polar surface area (TPSA) is 88.4 Å². The number of esters is 1. The van der Waals surface area contributed by atoms with Crippen molar-refractivity contribution in [3.8, 4) is 17.2 Å². The molecule has 8 nitrogen and oxygen atoms in total. The number of ether oxygens (including phenoxy) is 4. The molecule has 32 heavy (non-hydrogen) atoms. The number of hydrogen-bond acceptors (Lipinski definition) is 8. The molecule has 4 rings (SSSR count). The molecule has 2 aromatic carbocycles. The average Bonchev–Trinajstić information content (AvgIpc) is 3.13. The van der Waals surface area contributed by atoms with Gasteiger partial charge in [-0.25, -0.2) is 0 Å². The monoisotopic (exact) mass is 474 g/mol. The Labute approximate surface area is 192 Å². The molecule has 10 heteroatoms. The first-order chi connectivity index (χ1) is 15.6. The van der Waals surface area contributed by atoms with E-state index < -0.39 is 5.97 Å². The molecule has 0 saturated heterocycles. The van der Waals surface area contributed by atoms with Crippen molar-refractivity contribution in [2.75, 3.05) is 33.2 Å². The van der Waals surface area contributed by atoms with Crippen LogP contribution in [0.3, 0.4) is 0 Å². The summed E-state index contributed by atoms with van der Waals surface area (Å²) in [7, 11) is 2.95. The molecular formula is C22H22N2O6S2. The van der Waals surface area contributed by atoms with Gasteiger partial charge in [0.1, 0.15) is 25.5 Å². The summed E-state index contributed by atoms with van der Waals surface area (Å²) in [4.78, 5) is 30.3. The number of thiazole rings is 1. The first-order valence-electron chi connectivity index (χ1n) is 9.91. The summed E-state index contributed by atoms with van der Waals surface area (Å²) in [5.41, 5.74) is 0.740. The summed E-state index contributed by atoms with van der Waals surface area (Å²) >= 11 is 2.89. The fourth-order valence-corrected chi connectivity index (χ4v) is 5.03. The highest BCUT2D eigenvalue weighted by molar-refractivity contribution is 7.99. The molecule has 3 aromatic rings. The number of methoxy groups -OCH3 is 2. The Morgan fingerprint density at radius 1 is 1.12 bits per heavy atom. The quantitative estimate of drug-likeness (QED) is 0.384. The van der Waals surface area contributed by atoms with Crippen LogP contribution in [0.25, 0.3) is 10.2 Å². The van der Waals surface area contributed by atoms with Gasteiger partial charge in [-0.1, -0.05) is 11.3 Å². The zero-order valence-corrected chi connectivity index (χ0v) is 19.3. The van der Waals surface area contributed by atoms with Gasteiger partial charge in [-0.15, -0.1) is 11.8 Å². The van der Waals surface area contributed by atoms with Crippen LogP contribution in [0.1, 0.15) is 6.42 Å². The summed E-state index contributed by atoms with van der Waals surface area (Å²) < 4.78 is 23.8. The van der Waals surface area contributed by atoms with E-state index >= 15 is 0 Å². The van der Waals surface area contributed by atoms with Crippen molar-refractivity contribution in [3.63, 3.8) is 0 Å². The van der Waals surface area contributed by atoms with Crippen molar-refractivity contribution in [1.29, 1.82) is 0 Å². The van der Waals surface area contributed by atoms with E-state index in [4.69, 9.17) is 18.9 Å². The highest BCUT2D eigenvalue weighted by Gasteiger charge is 2.18. The van der Waals surface area contributed by atoms with Crippen LogP contribution in [0, 0.1) is 0 Å². The van der Waals surface area contributed by atoms with E-state index in [2.05, 4.69) is 4.99 Å². The lowest BCUT2D eigenvalue weighted by Crippen LogP contribution is -2.22. The molecule has 0 spiro atoms. The average molecular weight is 475 g/mol. The van der Waals surface area contributed by atoms with Gasteiger partial charge in [-0.2, -0.15) is 4.99 Å². The van der Waals surface area contributed by atoms with Gasteiger partial charge < -0.3 is 23.5 Å². The predicted octanol–water partition coefficient (Wildman–Crippen LogP) is 3.27. The number of rotatable bonds is 7. The number of aromatic nitrogens is 1. The summed E-state index contributed by atoms with van der Waals surface area (Å²) in [6.45, 7) is 0.887. The summed E-state index contributed by atoms with van der Waals surface area (Å²) in [5.74, 6) is 1.94. The number of benzene rings is 2. The molecule has 1 aromatic heterocycles. The third-order valence-corrected chi connectivity index (χ3v) is 6.78. The van der Waals surface area contributed by atoms with E-state index in [9.17, 15) is 9.59 Å². The second-order valence-corrected chi connectivity index (χ2v) is 8.97. The standard InChI is InChI=1S/C22H22N2O6S2/c1-27-14-3-5-15(6-4-14)31-10-7-20(25)23-22-24(13-21(26)28-2)16-11-17-18(12-19(16)32-22)30-9-8-29-17/h3-6,11-12H,7-10,13H2,1-2H3. The van der Waals surface area contributed by atoms with Crippen molar-refractivity contribution in [3.05, 3.63) is 41.2 Å². The first-order valence-corrected chi connectivity index (χ1v) is 11.7. The van der Waals surface area contributed by atoms with Crippen LogP contribution in [-0.4, -0.2) is 49.6 Å². The molecule has 0 unspecified atom stereocenters. The van der Waals surface area contributed by atoms with Gasteiger partial charge in [-0.3, -0.25) is 9.59 Å². The molecular weight excluding hydrogens is 452 g/mol. The normalized spacial score (nSPS) is 13.2. The van der Waals surface area contributed by atoms with Gasteiger partial charge in [0.15, 0.2) is 16.3 Å². The van der Waals surface area contributed by atoms with Crippen LogP contribution in [0.5, 0.6) is 17.2 Å². The summed E-state index contributed by atoms with van der Waals surface area (Å²) in [6, 6.07) is 11.3. The Morgan fingerprint density at radius 2 is 1.84 bits per heavy atom. The lowest BCUT2D eigenvalue weighted by atomic mass is 10.2. The second-order valence-electron chi connectivity index (χ2n) is 6.79. The first kappa shape index (κ1) is 22.2. The Hall–Kier alpha value is -2.98. The van der Waals surface area contributed by atoms with Crippen LogP contribution < -0.4 is 19.0 Å². The van der Waals surface area contributed by atoms with E-state index in [1.165, 1.54) is 18.4 Å². The lowest BCUT2D eigenvalue weighted by Gasteiger charge is -2.18. The fraction of sp³-hybridized carbons (Fsp3) is 0.318. The van der Waals surface area contributed by atoms with Crippen LogP contribution in [0.2, 0.25) is 0 Å². The van der Waals surface area contributed by atoms with Gasteiger partial charge in [0.05, 0.1) is 24.4 Å². The molecule has 1 aliphatic rings. The largest absolute Gasteiger partial charge is 0.497 e. The van der Waals surface area contributed by atoms with Gasteiger partial charge >= 0.3 is 5.97 Å². The Morgan fingerprint density at radius 3 is 2.53 bits per heavy atom. The van der Waals surface area contributed by atoms with E-state index in [1.54, 1.807) is 23.4 Å². The lowest BCUT2D eigenvalue weighted by molar-refractivity contribution is -0.141. The van der Waals surface area contributed by atoms with Gasteiger partial charge in [0, 0.05) is 29.2 Å². The maximum atomic E-state index is 12.6. The summed E-state index contributed by atoms with van der Waals surface area (Å²) in [6.07, 6.45) is 0.270. The molecule has 0 fully saturated rings. The number of carbonyl (C=O) groups excluding carboxylic acids is 2. The molecule has 1 amide bonds. The number of fused-ring (bicyclic) bond motifs is 2. The number of carbonyl (C=O) groups is 2.